The molecular formula is C16H31N3O. The molecule has 0 aromatic rings. The Hall–Kier alpha value is -0.610. The molecular weight excluding hydrogens is 250 g/mol. The smallest absolute Gasteiger partial charge is 0.220 e. The Kier molecular flexibility index (Phi) is 5.08. The van der Waals surface area contributed by atoms with E-state index in [0.717, 1.165) is 19.4 Å². The quantitative estimate of drug-likeness (QED) is 0.781. The van der Waals surface area contributed by atoms with Gasteiger partial charge in [0.15, 0.2) is 0 Å². The summed E-state index contributed by atoms with van der Waals surface area (Å²) in [6.45, 7) is 1.44. The zero-order valence-corrected chi connectivity index (χ0v) is 13.2. The van der Waals surface area contributed by atoms with E-state index < -0.39 is 0 Å². The Morgan fingerprint density at radius 1 is 1.10 bits per heavy atom. The minimum Gasteiger partial charge on any atom is -0.354 e. The number of nitrogens with one attached hydrogen (secondary N) is 1. The molecule has 0 aromatic heterocycles. The van der Waals surface area contributed by atoms with Crippen LogP contribution in [0.1, 0.15) is 57.8 Å². The van der Waals surface area contributed by atoms with Crippen molar-refractivity contribution in [2.45, 2.75) is 63.3 Å². The predicted molar refractivity (Wildman–Crippen MR) is 82.5 cm³/mol. The van der Waals surface area contributed by atoms with Crippen LogP contribution in [0.3, 0.4) is 0 Å². The second-order valence-electron chi connectivity index (χ2n) is 7.19. The molecule has 4 nitrogen and oxygen atoms in total. The molecule has 2 saturated carbocycles. The molecule has 2 aliphatic carbocycles. The SMILES string of the molecule is CN(C)C1(CNC(=O)CC2(CN)CCC2)CCCCC1. The highest BCUT2D eigenvalue weighted by Crippen LogP contribution is 2.42. The molecule has 20 heavy (non-hydrogen) atoms. The van der Waals surface area contributed by atoms with Crippen molar-refractivity contribution >= 4 is 5.91 Å². The number of amides is 1. The highest BCUT2D eigenvalue weighted by molar-refractivity contribution is 5.77. The molecule has 1 amide bonds. The van der Waals surface area contributed by atoms with Crippen LogP contribution in [-0.4, -0.2) is 43.5 Å². The second-order valence-corrected chi connectivity index (χ2v) is 7.19. The molecule has 0 bridgehead atoms. The normalized spacial score (nSPS) is 24.2. The highest BCUT2D eigenvalue weighted by Gasteiger charge is 2.39. The lowest BCUT2D eigenvalue weighted by Crippen LogP contribution is -2.54. The largest absolute Gasteiger partial charge is 0.354 e. The molecule has 0 radical (unpaired) electrons. The summed E-state index contributed by atoms with van der Waals surface area (Å²) in [5, 5.41) is 3.20. The maximum Gasteiger partial charge on any atom is 0.220 e. The molecule has 116 valence electrons. The maximum atomic E-state index is 12.2. The van der Waals surface area contributed by atoms with E-state index in [1.807, 2.05) is 0 Å². The first-order chi connectivity index (χ1) is 9.52. The van der Waals surface area contributed by atoms with Crippen molar-refractivity contribution in [2.24, 2.45) is 11.1 Å². The van der Waals surface area contributed by atoms with Crippen molar-refractivity contribution in [3.05, 3.63) is 0 Å². The van der Waals surface area contributed by atoms with Gasteiger partial charge in [-0.05, 0) is 51.7 Å². The summed E-state index contributed by atoms with van der Waals surface area (Å²) >= 11 is 0. The molecule has 0 unspecified atom stereocenters. The number of rotatable bonds is 6. The Bertz CT molecular complexity index is 325. The summed E-state index contributed by atoms with van der Waals surface area (Å²) in [7, 11) is 4.29. The molecule has 0 spiro atoms. The lowest BCUT2D eigenvalue weighted by Gasteiger charge is -2.44. The molecule has 0 heterocycles. The summed E-state index contributed by atoms with van der Waals surface area (Å²) < 4.78 is 0. The number of nitrogens with two attached hydrogens (primary N) is 1. The monoisotopic (exact) mass is 281 g/mol. The summed E-state index contributed by atoms with van der Waals surface area (Å²) in [5.41, 5.74) is 6.13. The van der Waals surface area contributed by atoms with Crippen LogP contribution in [0.4, 0.5) is 0 Å². The lowest BCUT2D eigenvalue weighted by molar-refractivity contribution is -0.125. The van der Waals surface area contributed by atoms with Crippen molar-refractivity contribution in [1.82, 2.24) is 10.2 Å². The molecule has 4 heteroatoms. The van der Waals surface area contributed by atoms with E-state index in [1.54, 1.807) is 0 Å². The first kappa shape index (κ1) is 15.8. The lowest BCUT2D eigenvalue weighted by atomic mass is 9.66. The van der Waals surface area contributed by atoms with Gasteiger partial charge in [0.2, 0.25) is 5.91 Å². The van der Waals surface area contributed by atoms with Gasteiger partial charge in [-0.2, -0.15) is 0 Å². The fraction of sp³-hybridized carbons (Fsp3) is 0.938. The van der Waals surface area contributed by atoms with E-state index in [9.17, 15) is 4.79 Å². The van der Waals surface area contributed by atoms with Gasteiger partial charge in [0.25, 0.3) is 0 Å². The van der Waals surface area contributed by atoms with Crippen LogP contribution in [-0.2, 0) is 4.79 Å². The van der Waals surface area contributed by atoms with Crippen LogP contribution in [0.5, 0.6) is 0 Å². The van der Waals surface area contributed by atoms with E-state index >= 15 is 0 Å². The van der Waals surface area contributed by atoms with Gasteiger partial charge in [0.1, 0.15) is 0 Å². The number of hydrogen-bond acceptors (Lipinski definition) is 3. The van der Waals surface area contributed by atoms with Crippen LogP contribution < -0.4 is 11.1 Å². The molecule has 2 aliphatic rings. The van der Waals surface area contributed by atoms with Gasteiger partial charge in [-0.1, -0.05) is 25.7 Å². The summed E-state index contributed by atoms with van der Waals surface area (Å²) in [4.78, 5) is 14.5. The summed E-state index contributed by atoms with van der Waals surface area (Å²) in [6, 6.07) is 0. The predicted octanol–water partition coefficient (Wildman–Crippen LogP) is 1.89. The number of hydrogen-bond donors (Lipinski definition) is 2. The van der Waals surface area contributed by atoms with Gasteiger partial charge in [0, 0.05) is 18.5 Å². The first-order valence-electron chi connectivity index (χ1n) is 8.16. The zero-order valence-electron chi connectivity index (χ0n) is 13.2. The highest BCUT2D eigenvalue weighted by atomic mass is 16.1. The summed E-state index contributed by atoms with van der Waals surface area (Å²) in [6.07, 6.45) is 10.4. The number of carbonyl (C=O) groups is 1. The van der Waals surface area contributed by atoms with E-state index in [2.05, 4.69) is 24.3 Å². The average Bonchev–Trinajstić information content (AvgIpc) is 2.41. The van der Waals surface area contributed by atoms with Crippen LogP contribution >= 0.6 is 0 Å². The third kappa shape index (κ3) is 3.34. The Labute approximate surface area is 123 Å². The molecule has 0 aliphatic heterocycles. The third-order valence-corrected chi connectivity index (χ3v) is 5.73. The minimum atomic E-state index is 0.113. The van der Waals surface area contributed by atoms with Crippen molar-refractivity contribution in [2.75, 3.05) is 27.2 Å². The zero-order chi connectivity index (χ0) is 14.6. The van der Waals surface area contributed by atoms with Gasteiger partial charge in [-0.25, -0.2) is 0 Å². The maximum absolute atomic E-state index is 12.2. The molecule has 2 rings (SSSR count). The first-order valence-corrected chi connectivity index (χ1v) is 8.16. The fourth-order valence-corrected chi connectivity index (χ4v) is 3.79. The molecule has 3 N–H and O–H groups in total. The minimum absolute atomic E-state index is 0.113. The van der Waals surface area contributed by atoms with E-state index in [1.165, 1.54) is 38.5 Å². The topological polar surface area (TPSA) is 58.4 Å². The van der Waals surface area contributed by atoms with Gasteiger partial charge >= 0.3 is 0 Å². The number of likely N-dealkylation sites (N-methyl/N-ethyl adjacent to an activating group) is 1. The Balaban J connectivity index is 1.84. The van der Waals surface area contributed by atoms with Crippen LogP contribution in [0.2, 0.25) is 0 Å². The van der Waals surface area contributed by atoms with Gasteiger partial charge < -0.3 is 16.0 Å². The third-order valence-electron chi connectivity index (χ3n) is 5.73. The second kappa shape index (κ2) is 6.44. The standard InChI is InChI=1S/C16H31N3O/c1-19(2)16(9-4-3-5-10-16)13-18-14(20)11-15(12-17)7-6-8-15/h3-13,17H2,1-2H3,(H,18,20). The van der Waals surface area contributed by atoms with Gasteiger partial charge in [0.05, 0.1) is 0 Å². The Morgan fingerprint density at radius 3 is 2.20 bits per heavy atom. The number of nitrogens with zero attached hydrogens (tertiary/aromatic N) is 1. The van der Waals surface area contributed by atoms with Gasteiger partial charge in [-0.15, -0.1) is 0 Å². The number of carbonyl (C=O) groups excluding carboxylic acids is 1. The molecule has 0 atom stereocenters. The van der Waals surface area contributed by atoms with Gasteiger partial charge in [-0.3, -0.25) is 4.79 Å². The van der Waals surface area contributed by atoms with Crippen molar-refractivity contribution in [3.63, 3.8) is 0 Å². The summed E-state index contributed by atoms with van der Waals surface area (Å²) in [5.74, 6) is 0.196. The van der Waals surface area contributed by atoms with E-state index in [-0.39, 0.29) is 16.9 Å². The molecule has 0 saturated heterocycles. The molecule has 0 aromatic carbocycles. The van der Waals surface area contributed by atoms with E-state index in [0.29, 0.717) is 13.0 Å². The van der Waals surface area contributed by atoms with Crippen LogP contribution in [0.15, 0.2) is 0 Å². The Morgan fingerprint density at radius 2 is 1.75 bits per heavy atom. The van der Waals surface area contributed by atoms with Crippen LogP contribution in [0.25, 0.3) is 0 Å². The van der Waals surface area contributed by atoms with E-state index in [4.69, 9.17) is 5.73 Å². The van der Waals surface area contributed by atoms with Crippen molar-refractivity contribution in [3.8, 4) is 0 Å². The van der Waals surface area contributed by atoms with Crippen molar-refractivity contribution < 1.29 is 4.79 Å². The fourth-order valence-electron chi connectivity index (χ4n) is 3.79. The molecule has 2 fully saturated rings. The van der Waals surface area contributed by atoms with Crippen LogP contribution in [0, 0.1) is 5.41 Å². The average molecular weight is 281 g/mol. The van der Waals surface area contributed by atoms with Crippen molar-refractivity contribution in [1.29, 1.82) is 0 Å².